The van der Waals surface area contributed by atoms with Gasteiger partial charge in [-0.2, -0.15) is 13.2 Å². The first-order valence-corrected chi connectivity index (χ1v) is 5.85. The third-order valence-electron chi connectivity index (χ3n) is 2.50. The molecule has 0 bridgehead atoms. The minimum atomic E-state index is -4.61. The lowest BCUT2D eigenvalue weighted by atomic mass is 10.1. The summed E-state index contributed by atoms with van der Waals surface area (Å²) in [6.45, 7) is 2.46. The number of hydrogen-bond donors (Lipinski definition) is 1. The number of aromatic nitrogens is 2. The molecule has 0 fully saturated rings. The lowest BCUT2D eigenvalue weighted by molar-refractivity contribution is -0.137. The van der Waals surface area contributed by atoms with E-state index in [1.807, 2.05) is 6.92 Å². The molecule has 1 heterocycles. The molecule has 0 saturated carbocycles. The van der Waals surface area contributed by atoms with Crippen molar-refractivity contribution >= 4 is 5.82 Å². The highest BCUT2D eigenvalue weighted by atomic mass is 19.4. The van der Waals surface area contributed by atoms with Crippen LogP contribution in [-0.4, -0.2) is 16.5 Å². The molecular formula is C13H11F4N3. The zero-order chi connectivity index (χ0) is 14.8. The maximum atomic E-state index is 13.3. The van der Waals surface area contributed by atoms with E-state index in [0.29, 0.717) is 18.4 Å². The summed E-state index contributed by atoms with van der Waals surface area (Å²) in [5, 5.41) is 2.91. The van der Waals surface area contributed by atoms with Gasteiger partial charge in [0.05, 0.1) is 5.56 Å². The summed E-state index contributed by atoms with van der Waals surface area (Å²) in [5.74, 6) is -0.476. The van der Waals surface area contributed by atoms with E-state index in [1.54, 1.807) is 6.07 Å². The Balaban J connectivity index is 2.47. The summed E-state index contributed by atoms with van der Waals surface area (Å²) < 4.78 is 51.3. The van der Waals surface area contributed by atoms with E-state index in [4.69, 9.17) is 0 Å². The van der Waals surface area contributed by atoms with Crippen LogP contribution in [0.4, 0.5) is 23.4 Å². The quantitative estimate of drug-likeness (QED) is 0.873. The molecule has 0 spiro atoms. The molecule has 0 aliphatic heterocycles. The summed E-state index contributed by atoms with van der Waals surface area (Å²) >= 11 is 0. The van der Waals surface area contributed by atoms with E-state index >= 15 is 0 Å². The average Bonchev–Trinajstić information content (AvgIpc) is 2.38. The van der Waals surface area contributed by atoms with Gasteiger partial charge >= 0.3 is 6.18 Å². The Morgan fingerprint density at radius 3 is 2.60 bits per heavy atom. The van der Waals surface area contributed by atoms with Gasteiger partial charge in [0.1, 0.15) is 11.6 Å². The van der Waals surface area contributed by atoms with E-state index in [9.17, 15) is 17.6 Å². The number of alkyl halides is 3. The van der Waals surface area contributed by atoms with Gasteiger partial charge in [-0.3, -0.25) is 0 Å². The molecule has 2 rings (SSSR count). The first-order valence-electron chi connectivity index (χ1n) is 5.85. The van der Waals surface area contributed by atoms with Gasteiger partial charge in [0.15, 0.2) is 5.82 Å². The van der Waals surface area contributed by atoms with E-state index in [2.05, 4.69) is 15.3 Å². The molecule has 0 atom stereocenters. The monoisotopic (exact) mass is 285 g/mol. The maximum absolute atomic E-state index is 13.3. The largest absolute Gasteiger partial charge is 0.416 e. The molecule has 1 aromatic carbocycles. The van der Waals surface area contributed by atoms with Gasteiger partial charge in [-0.05, 0) is 31.2 Å². The predicted molar refractivity (Wildman–Crippen MR) is 66.6 cm³/mol. The molecule has 20 heavy (non-hydrogen) atoms. The van der Waals surface area contributed by atoms with Crippen LogP contribution in [0.3, 0.4) is 0 Å². The molecule has 0 saturated heterocycles. The number of nitrogens with one attached hydrogen (secondary N) is 1. The van der Waals surface area contributed by atoms with Gasteiger partial charge in [-0.1, -0.05) is 0 Å². The summed E-state index contributed by atoms with van der Waals surface area (Å²) in [5.41, 5.74) is -1.08. The van der Waals surface area contributed by atoms with Crippen molar-refractivity contribution in [3.63, 3.8) is 0 Å². The van der Waals surface area contributed by atoms with Crippen molar-refractivity contribution in [2.45, 2.75) is 13.1 Å². The Labute approximate surface area is 112 Å². The van der Waals surface area contributed by atoms with Crippen molar-refractivity contribution in [2.75, 3.05) is 11.9 Å². The Bertz CT molecular complexity index is 611. The maximum Gasteiger partial charge on any atom is 0.416 e. The van der Waals surface area contributed by atoms with Crippen LogP contribution in [0.25, 0.3) is 11.4 Å². The molecule has 1 N–H and O–H groups in total. The molecule has 7 heteroatoms. The highest BCUT2D eigenvalue weighted by Gasteiger charge is 2.31. The van der Waals surface area contributed by atoms with Gasteiger partial charge in [-0.15, -0.1) is 0 Å². The first-order chi connectivity index (χ1) is 9.40. The molecule has 0 aliphatic rings. The molecule has 0 unspecified atom stereocenters. The second-order valence-corrected chi connectivity index (χ2v) is 4.02. The van der Waals surface area contributed by atoms with Crippen molar-refractivity contribution in [3.8, 4) is 11.4 Å². The van der Waals surface area contributed by atoms with Gasteiger partial charge < -0.3 is 5.32 Å². The fraction of sp³-hybridized carbons (Fsp3) is 0.231. The van der Waals surface area contributed by atoms with Crippen molar-refractivity contribution in [3.05, 3.63) is 41.8 Å². The summed E-state index contributed by atoms with van der Waals surface area (Å²) in [6, 6.07) is 3.82. The number of halogens is 4. The Hall–Kier alpha value is -2.18. The lowest BCUT2D eigenvalue weighted by Crippen LogP contribution is -2.06. The van der Waals surface area contributed by atoms with Gasteiger partial charge in [0.2, 0.25) is 0 Å². The SMILES string of the molecule is CCNc1ccnc(-c2cc(F)cc(C(F)(F)F)c2)n1. The van der Waals surface area contributed by atoms with Gasteiger partial charge in [-0.25, -0.2) is 14.4 Å². The van der Waals surface area contributed by atoms with Gasteiger partial charge in [0, 0.05) is 18.3 Å². The first kappa shape index (κ1) is 14.2. The molecule has 2 aromatic rings. The minimum Gasteiger partial charge on any atom is -0.370 e. The fourth-order valence-corrected chi connectivity index (χ4v) is 1.66. The van der Waals surface area contributed by atoms with E-state index < -0.39 is 17.6 Å². The second kappa shape index (κ2) is 5.44. The van der Waals surface area contributed by atoms with Crippen LogP contribution in [0.1, 0.15) is 12.5 Å². The van der Waals surface area contributed by atoms with Crippen LogP contribution >= 0.6 is 0 Å². The molecule has 0 radical (unpaired) electrons. The molecular weight excluding hydrogens is 274 g/mol. The van der Waals surface area contributed by atoms with Crippen LogP contribution in [0, 0.1) is 5.82 Å². The summed E-state index contributed by atoms with van der Waals surface area (Å²) in [7, 11) is 0. The lowest BCUT2D eigenvalue weighted by Gasteiger charge is -2.09. The number of benzene rings is 1. The highest BCUT2D eigenvalue weighted by Crippen LogP contribution is 2.32. The van der Waals surface area contributed by atoms with Crippen molar-refractivity contribution in [1.82, 2.24) is 9.97 Å². The topological polar surface area (TPSA) is 37.8 Å². The molecule has 3 nitrogen and oxygen atoms in total. The second-order valence-electron chi connectivity index (χ2n) is 4.02. The Morgan fingerprint density at radius 2 is 1.95 bits per heavy atom. The van der Waals surface area contributed by atoms with Crippen molar-refractivity contribution in [1.29, 1.82) is 0 Å². The standard InChI is InChI=1S/C13H11F4N3/c1-2-18-11-3-4-19-12(20-11)8-5-9(13(15,16)17)7-10(14)6-8/h3-7H,2H2,1H3,(H,18,19,20). The van der Waals surface area contributed by atoms with Crippen LogP contribution in [0.15, 0.2) is 30.5 Å². The summed E-state index contributed by atoms with van der Waals surface area (Å²) in [4.78, 5) is 7.91. The predicted octanol–water partition coefficient (Wildman–Crippen LogP) is 3.73. The third kappa shape index (κ3) is 3.23. The highest BCUT2D eigenvalue weighted by molar-refractivity contribution is 5.58. The molecule has 0 aliphatic carbocycles. The number of nitrogens with zero attached hydrogens (tertiary/aromatic N) is 2. The van der Waals surface area contributed by atoms with Crippen LogP contribution in [-0.2, 0) is 6.18 Å². The molecule has 106 valence electrons. The number of anilines is 1. The Morgan fingerprint density at radius 1 is 1.20 bits per heavy atom. The van der Waals surface area contributed by atoms with E-state index in [0.717, 1.165) is 12.1 Å². The zero-order valence-electron chi connectivity index (χ0n) is 10.5. The number of hydrogen-bond acceptors (Lipinski definition) is 3. The van der Waals surface area contributed by atoms with Crippen molar-refractivity contribution in [2.24, 2.45) is 0 Å². The molecule has 0 amide bonds. The Kier molecular flexibility index (Phi) is 3.87. The van der Waals surface area contributed by atoms with Crippen molar-refractivity contribution < 1.29 is 17.6 Å². The minimum absolute atomic E-state index is 0.0166. The average molecular weight is 285 g/mol. The van der Waals surface area contributed by atoms with Crippen LogP contribution < -0.4 is 5.32 Å². The smallest absolute Gasteiger partial charge is 0.370 e. The van der Waals surface area contributed by atoms with Gasteiger partial charge in [0.25, 0.3) is 0 Å². The molecule has 1 aromatic heterocycles. The van der Waals surface area contributed by atoms with E-state index in [1.165, 1.54) is 6.20 Å². The summed E-state index contributed by atoms with van der Waals surface area (Å²) in [6.07, 6.45) is -3.21. The number of rotatable bonds is 3. The zero-order valence-corrected chi connectivity index (χ0v) is 10.5. The normalized spacial score (nSPS) is 11.4. The van der Waals surface area contributed by atoms with E-state index in [-0.39, 0.29) is 11.4 Å². The third-order valence-corrected chi connectivity index (χ3v) is 2.50. The van der Waals surface area contributed by atoms with Crippen LogP contribution in [0.2, 0.25) is 0 Å². The fourth-order valence-electron chi connectivity index (χ4n) is 1.66. The van der Waals surface area contributed by atoms with Crippen LogP contribution in [0.5, 0.6) is 0 Å².